The van der Waals surface area contributed by atoms with Crippen molar-refractivity contribution >= 4 is 11.6 Å². The van der Waals surface area contributed by atoms with Crippen LogP contribution in [0.4, 0.5) is 5.69 Å². The topological polar surface area (TPSA) is 58.4 Å². The van der Waals surface area contributed by atoms with Gasteiger partial charge in [-0.3, -0.25) is 4.79 Å². The van der Waals surface area contributed by atoms with Crippen molar-refractivity contribution in [3.05, 3.63) is 46.3 Å². The average Bonchev–Trinajstić information content (AvgIpc) is 2.92. The smallest absolute Gasteiger partial charge is 0.254 e. The lowest BCUT2D eigenvalue weighted by molar-refractivity contribution is 0.0635. The van der Waals surface area contributed by atoms with Gasteiger partial charge in [0.05, 0.1) is 5.69 Å². The molecule has 0 saturated carbocycles. The minimum absolute atomic E-state index is 0.146. The molecule has 2 heterocycles. The van der Waals surface area contributed by atoms with E-state index in [4.69, 9.17) is 4.52 Å². The van der Waals surface area contributed by atoms with Crippen LogP contribution in [0.1, 0.15) is 59.1 Å². The molecule has 1 fully saturated rings. The Balaban J connectivity index is 1.71. The molecule has 0 spiro atoms. The van der Waals surface area contributed by atoms with Crippen LogP contribution in [0.2, 0.25) is 0 Å². The van der Waals surface area contributed by atoms with Gasteiger partial charge in [0.2, 0.25) is 0 Å². The lowest BCUT2D eigenvalue weighted by Crippen LogP contribution is -2.42. The first-order valence-electron chi connectivity index (χ1n) is 9.04. The molecule has 0 aliphatic carbocycles. The van der Waals surface area contributed by atoms with E-state index in [1.165, 1.54) is 6.42 Å². The summed E-state index contributed by atoms with van der Waals surface area (Å²) in [5.41, 5.74) is 4.87. The fourth-order valence-electron chi connectivity index (χ4n) is 3.50. The quantitative estimate of drug-likeness (QED) is 0.904. The minimum atomic E-state index is 0.146. The van der Waals surface area contributed by atoms with Crippen LogP contribution in [0.5, 0.6) is 0 Å². The van der Waals surface area contributed by atoms with Gasteiger partial charge in [0.1, 0.15) is 5.76 Å². The van der Waals surface area contributed by atoms with Crippen molar-refractivity contribution < 1.29 is 9.32 Å². The molecule has 25 heavy (non-hydrogen) atoms. The Kier molecular flexibility index (Phi) is 5.11. The third kappa shape index (κ3) is 3.70. The van der Waals surface area contributed by atoms with Crippen LogP contribution in [-0.2, 0) is 6.54 Å². The molecule has 0 bridgehead atoms. The average molecular weight is 341 g/mol. The van der Waals surface area contributed by atoms with Crippen LogP contribution in [0.15, 0.2) is 22.7 Å². The summed E-state index contributed by atoms with van der Waals surface area (Å²) in [7, 11) is 0. The predicted octanol–water partition coefficient (Wildman–Crippen LogP) is 4.23. The summed E-state index contributed by atoms with van der Waals surface area (Å²) < 4.78 is 5.20. The predicted molar refractivity (Wildman–Crippen MR) is 98.8 cm³/mol. The van der Waals surface area contributed by atoms with Gasteiger partial charge in [-0.05, 0) is 70.7 Å². The molecule has 134 valence electrons. The monoisotopic (exact) mass is 341 g/mol. The number of likely N-dealkylation sites (tertiary alicyclic amines) is 1. The fourth-order valence-corrected chi connectivity index (χ4v) is 3.50. The molecule has 3 rings (SSSR count). The number of carbonyl (C=O) groups excluding carboxylic acids is 1. The number of aryl methyl sites for hydroxylation is 3. The van der Waals surface area contributed by atoms with E-state index in [-0.39, 0.29) is 5.91 Å². The number of aromatic nitrogens is 1. The Bertz CT molecular complexity index is 747. The van der Waals surface area contributed by atoms with Gasteiger partial charge in [0.25, 0.3) is 5.91 Å². The van der Waals surface area contributed by atoms with Crippen molar-refractivity contribution in [3.8, 4) is 0 Å². The van der Waals surface area contributed by atoms with Crippen LogP contribution in [0, 0.1) is 20.8 Å². The first kappa shape index (κ1) is 17.5. The van der Waals surface area contributed by atoms with Crippen molar-refractivity contribution in [2.24, 2.45) is 0 Å². The number of benzene rings is 1. The van der Waals surface area contributed by atoms with Gasteiger partial charge < -0.3 is 14.7 Å². The molecule has 1 aliphatic heterocycles. The Hall–Kier alpha value is -2.30. The highest BCUT2D eigenvalue weighted by atomic mass is 16.5. The van der Waals surface area contributed by atoms with E-state index in [2.05, 4.69) is 17.4 Å². The first-order chi connectivity index (χ1) is 12.0. The van der Waals surface area contributed by atoms with E-state index >= 15 is 0 Å². The second kappa shape index (κ2) is 7.30. The number of rotatable bonds is 4. The van der Waals surface area contributed by atoms with E-state index in [1.807, 2.05) is 43.9 Å². The lowest BCUT2D eigenvalue weighted by atomic mass is 10.0. The second-order valence-corrected chi connectivity index (χ2v) is 7.03. The number of hydrogen-bond donors (Lipinski definition) is 1. The van der Waals surface area contributed by atoms with Crippen molar-refractivity contribution in [1.82, 2.24) is 10.1 Å². The third-order valence-corrected chi connectivity index (χ3v) is 5.17. The highest BCUT2D eigenvalue weighted by Gasteiger charge is 2.24. The number of hydrogen-bond acceptors (Lipinski definition) is 4. The van der Waals surface area contributed by atoms with Crippen LogP contribution in [0.25, 0.3) is 0 Å². The van der Waals surface area contributed by atoms with E-state index in [0.29, 0.717) is 12.6 Å². The Morgan fingerprint density at radius 3 is 2.76 bits per heavy atom. The highest BCUT2D eigenvalue weighted by molar-refractivity contribution is 5.95. The number of nitrogens with one attached hydrogen (secondary N) is 1. The summed E-state index contributed by atoms with van der Waals surface area (Å²) in [6.07, 6.45) is 3.42. The summed E-state index contributed by atoms with van der Waals surface area (Å²) in [5, 5.41) is 7.41. The van der Waals surface area contributed by atoms with Gasteiger partial charge in [0, 0.05) is 35.9 Å². The molecule has 1 saturated heterocycles. The van der Waals surface area contributed by atoms with Crippen molar-refractivity contribution in [2.75, 3.05) is 11.9 Å². The summed E-state index contributed by atoms with van der Waals surface area (Å²) in [4.78, 5) is 14.8. The molecule has 1 amide bonds. The summed E-state index contributed by atoms with van der Waals surface area (Å²) in [5.74, 6) is 0.987. The van der Waals surface area contributed by atoms with Gasteiger partial charge in [0.15, 0.2) is 0 Å². The molecular weight excluding hydrogens is 314 g/mol. The van der Waals surface area contributed by atoms with E-state index in [0.717, 1.165) is 53.2 Å². The molecule has 1 aromatic heterocycles. The van der Waals surface area contributed by atoms with Crippen LogP contribution in [-0.4, -0.2) is 28.6 Å². The zero-order chi connectivity index (χ0) is 18.0. The second-order valence-electron chi connectivity index (χ2n) is 7.03. The van der Waals surface area contributed by atoms with Crippen LogP contribution in [0.3, 0.4) is 0 Å². The standard InChI is InChI=1S/C20H27N3O2/c1-13-11-17(20(24)23-10-6-5-7-14(23)2)8-9-19(13)21-12-18-15(3)22-25-16(18)4/h8-9,11,14,21H,5-7,10,12H2,1-4H3. The molecule has 1 aromatic carbocycles. The van der Waals surface area contributed by atoms with Gasteiger partial charge in [-0.15, -0.1) is 0 Å². The van der Waals surface area contributed by atoms with Gasteiger partial charge in [-0.25, -0.2) is 0 Å². The molecule has 2 aromatic rings. The Morgan fingerprint density at radius 2 is 2.12 bits per heavy atom. The lowest BCUT2D eigenvalue weighted by Gasteiger charge is -2.33. The summed E-state index contributed by atoms with van der Waals surface area (Å²) in [6, 6.07) is 6.24. The SMILES string of the molecule is Cc1cc(C(=O)N2CCCCC2C)ccc1NCc1c(C)noc1C. The molecular formula is C20H27N3O2. The van der Waals surface area contributed by atoms with Crippen molar-refractivity contribution in [1.29, 1.82) is 0 Å². The zero-order valence-electron chi connectivity index (χ0n) is 15.6. The van der Waals surface area contributed by atoms with Crippen LogP contribution < -0.4 is 5.32 Å². The third-order valence-electron chi connectivity index (χ3n) is 5.17. The number of piperidine rings is 1. The highest BCUT2D eigenvalue weighted by Crippen LogP contribution is 2.23. The van der Waals surface area contributed by atoms with Crippen LogP contribution >= 0.6 is 0 Å². The maximum Gasteiger partial charge on any atom is 0.254 e. The van der Waals surface area contributed by atoms with E-state index in [9.17, 15) is 4.79 Å². The maximum absolute atomic E-state index is 12.8. The normalized spacial score (nSPS) is 17.6. The summed E-state index contributed by atoms with van der Waals surface area (Å²) >= 11 is 0. The molecule has 5 heteroatoms. The van der Waals surface area contributed by atoms with E-state index in [1.54, 1.807) is 0 Å². The number of anilines is 1. The molecule has 1 aliphatic rings. The molecule has 1 atom stereocenters. The number of carbonyl (C=O) groups is 1. The molecule has 1 N–H and O–H groups in total. The van der Waals surface area contributed by atoms with Gasteiger partial charge in [-0.2, -0.15) is 0 Å². The minimum Gasteiger partial charge on any atom is -0.381 e. The number of amides is 1. The largest absolute Gasteiger partial charge is 0.381 e. The van der Waals surface area contributed by atoms with Gasteiger partial charge in [-0.1, -0.05) is 5.16 Å². The maximum atomic E-state index is 12.8. The molecule has 5 nitrogen and oxygen atoms in total. The van der Waals surface area contributed by atoms with Crippen molar-refractivity contribution in [3.63, 3.8) is 0 Å². The Labute approximate surface area is 149 Å². The Morgan fingerprint density at radius 1 is 1.32 bits per heavy atom. The molecule has 1 unspecified atom stereocenters. The van der Waals surface area contributed by atoms with E-state index < -0.39 is 0 Å². The van der Waals surface area contributed by atoms with Crippen molar-refractivity contribution in [2.45, 2.75) is 59.5 Å². The van der Waals surface area contributed by atoms with Gasteiger partial charge >= 0.3 is 0 Å². The first-order valence-corrected chi connectivity index (χ1v) is 9.04. The fraction of sp³-hybridized carbons (Fsp3) is 0.500. The zero-order valence-corrected chi connectivity index (χ0v) is 15.6. The molecule has 0 radical (unpaired) electrons. The number of nitrogens with zero attached hydrogens (tertiary/aromatic N) is 2. The summed E-state index contributed by atoms with van der Waals surface area (Å²) in [6.45, 7) is 9.58.